The van der Waals surface area contributed by atoms with Crippen LogP contribution in [0.15, 0.2) is 18.2 Å². The van der Waals surface area contributed by atoms with Crippen molar-refractivity contribution in [3.63, 3.8) is 0 Å². The Bertz CT molecular complexity index is 379. The van der Waals surface area contributed by atoms with Crippen LogP contribution in [0.3, 0.4) is 0 Å². The second kappa shape index (κ2) is 6.88. The average Bonchev–Trinajstić information content (AvgIpc) is 2.32. The zero-order valence-electron chi connectivity index (χ0n) is 9.81. The monoisotopic (exact) mass is 239 g/mol. The SMILES string of the molecule is Cc1ccc(N)c(C(=O)OCCOCCO)c1. The first-order chi connectivity index (χ1) is 8.15. The van der Waals surface area contributed by atoms with Crippen LogP contribution in [0.2, 0.25) is 0 Å². The van der Waals surface area contributed by atoms with E-state index < -0.39 is 5.97 Å². The van der Waals surface area contributed by atoms with Gasteiger partial charge in [-0.25, -0.2) is 4.79 Å². The molecule has 3 N–H and O–H groups in total. The molecule has 0 aromatic heterocycles. The summed E-state index contributed by atoms with van der Waals surface area (Å²) in [5.74, 6) is -0.459. The highest BCUT2D eigenvalue weighted by molar-refractivity contribution is 5.95. The van der Waals surface area contributed by atoms with Crippen LogP contribution in [0.4, 0.5) is 5.69 Å². The van der Waals surface area contributed by atoms with Crippen LogP contribution in [0.5, 0.6) is 0 Å². The number of aliphatic hydroxyl groups is 1. The molecule has 1 rings (SSSR count). The van der Waals surface area contributed by atoms with Crippen LogP contribution in [0, 0.1) is 6.92 Å². The molecule has 0 aliphatic heterocycles. The highest BCUT2D eigenvalue weighted by Crippen LogP contribution is 2.14. The molecule has 0 aliphatic rings. The number of aliphatic hydroxyl groups excluding tert-OH is 1. The molecule has 0 bridgehead atoms. The standard InChI is InChI=1S/C12H17NO4/c1-9-2-3-11(13)10(8-9)12(15)17-7-6-16-5-4-14/h2-3,8,14H,4-7,13H2,1H3. The zero-order valence-corrected chi connectivity index (χ0v) is 9.81. The molecule has 0 amide bonds. The van der Waals surface area contributed by atoms with Crippen LogP contribution in [0.1, 0.15) is 15.9 Å². The van der Waals surface area contributed by atoms with Gasteiger partial charge in [0.05, 0.1) is 25.4 Å². The molecule has 5 nitrogen and oxygen atoms in total. The topological polar surface area (TPSA) is 81.8 Å². The zero-order chi connectivity index (χ0) is 12.7. The van der Waals surface area contributed by atoms with Gasteiger partial charge in [-0.1, -0.05) is 11.6 Å². The third-order valence-electron chi connectivity index (χ3n) is 2.13. The van der Waals surface area contributed by atoms with Gasteiger partial charge in [0.2, 0.25) is 0 Å². The van der Waals surface area contributed by atoms with Crippen molar-refractivity contribution in [2.45, 2.75) is 6.92 Å². The third kappa shape index (κ3) is 4.42. The molecule has 1 aromatic carbocycles. The summed E-state index contributed by atoms with van der Waals surface area (Å²) in [7, 11) is 0. The lowest BCUT2D eigenvalue weighted by Gasteiger charge is -2.07. The normalized spacial score (nSPS) is 10.2. The van der Waals surface area contributed by atoms with Gasteiger partial charge >= 0.3 is 5.97 Å². The predicted molar refractivity (Wildman–Crippen MR) is 63.8 cm³/mol. The van der Waals surface area contributed by atoms with E-state index in [9.17, 15) is 4.79 Å². The van der Waals surface area contributed by atoms with Crippen molar-refractivity contribution in [3.05, 3.63) is 29.3 Å². The van der Waals surface area contributed by atoms with Crippen molar-refractivity contribution in [2.24, 2.45) is 0 Å². The number of carbonyl (C=O) groups is 1. The third-order valence-corrected chi connectivity index (χ3v) is 2.13. The Labute approximate surface area is 100 Å². The van der Waals surface area contributed by atoms with Gasteiger partial charge < -0.3 is 20.3 Å². The number of anilines is 1. The molecular weight excluding hydrogens is 222 g/mol. The Morgan fingerprint density at radius 2 is 2.12 bits per heavy atom. The quantitative estimate of drug-likeness (QED) is 0.435. The van der Waals surface area contributed by atoms with E-state index >= 15 is 0 Å². The van der Waals surface area contributed by atoms with Crippen LogP contribution in [0.25, 0.3) is 0 Å². The van der Waals surface area contributed by atoms with Crippen molar-refractivity contribution < 1.29 is 19.4 Å². The van der Waals surface area contributed by atoms with Gasteiger partial charge in [0.15, 0.2) is 0 Å². The summed E-state index contributed by atoms with van der Waals surface area (Å²) in [6, 6.07) is 5.19. The van der Waals surface area contributed by atoms with Gasteiger partial charge in [0.25, 0.3) is 0 Å². The van der Waals surface area contributed by atoms with Gasteiger partial charge in [-0.05, 0) is 19.1 Å². The van der Waals surface area contributed by atoms with Crippen LogP contribution in [-0.4, -0.2) is 37.5 Å². The number of nitrogens with two attached hydrogens (primary N) is 1. The molecular formula is C12H17NO4. The molecule has 0 unspecified atom stereocenters. The number of hydrogen-bond acceptors (Lipinski definition) is 5. The number of hydrogen-bond donors (Lipinski definition) is 2. The maximum atomic E-state index is 11.6. The minimum absolute atomic E-state index is 0.0429. The number of benzene rings is 1. The lowest BCUT2D eigenvalue weighted by Crippen LogP contribution is -2.13. The van der Waals surface area contributed by atoms with E-state index in [0.29, 0.717) is 11.3 Å². The highest BCUT2D eigenvalue weighted by atomic mass is 16.6. The van der Waals surface area contributed by atoms with E-state index in [1.807, 2.05) is 13.0 Å². The molecule has 94 valence electrons. The van der Waals surface area contributed by atoms with Crippen molar-refractivity contribution >= 4 is 11.7 Å². The summed E-state index contributed by atoms with van der Waals surface area (Å²) in [4.78, 5) is 11.6. The molecule has 0 aliphatic carbocycles. The second-order valence-corrected chi connectivity index (χ2v) is 3.56. The summed E-state index contributed by atoms with van der Waals surface area (Å²) in [5, 5.41) is 8.47. The van der Waals surface area contributed by atoms with E-state index in [0.717, 1.165) is 5.56 Å². The lowest BCUT2D eigenvalue weighted by molar-refractivity contribution is 0.0259. The summed E-state index contributed by atoms with van der Waals surface area (Å²) >= 11 is 0. The average molecular weight is 239 g/mol. The van der Waals surface area contributed by atoms with Crippen molar-refractivity contribution in [1.29, 1.82) is 0 Å². The van der Waals surface area contributed by atoms with Gasteiger partial charge in [0.1, 0.15) is 6.61 Å². The Hall–Kier alpha value is -1.59. The fourth-order valence-corrected chi connectivity index (χ4v) is 1.28. The molecule has 0 saturated carbocycles. The maximum Gasteiger partial charge on any atom is 0.340 e. The second-order valence-electron chi connectivity index (χ2n) is 3.56. The van der Waals surface area contributed by atoms with E-state index in [2.05, 4.69) is 0 Å². The summed E-state index contributed by atoms with van der Waals surface area (Å²) in [5.41, 5.74) is 7.39. The minimum Gasteiger partial charge on any atom is -0.460 e. The Morgan fingerprint density at radius 3 is 2.82 bits per heavy atom. The number of nitrogen functional groups attached to an aromatic ring is 1. The Kier molecular flexibility index (Phi) is 5.45. The van der Waals surface area contributed by atoms with Gasteiger partial charge in [-0.3, -0.25) is 0 Å². The van der Waals surface area contributed by atoms with Crippen LogP contribution < -0.4 is 5.73 Å². The number of ether oxygens (including phenoxy) is 2. The van der Waals surface area contributed by atoms with Crippen LogP contribution in [-0.2, 0) is 9.47 Å². The molecule has 17 heavy (non-hydrogen) atoms. The lowest BCUT2D eigenvalue weighted by atomic mass is 10.1. The fraction of sp³-hybridized carbons (Fsp3) is 0.417. The van der Waals surface area contributed by atoms with Gasteiger partial charge in [-0.15, -0.1) is 0 Å². The molecule has 0 heterocycles. The first-order valence-corrected chi connectivity index (χ1v) is 5.37. The molecule has 0 spiro atoms. The van der Waals surface area contributed by atoms with Gasteiger partial charge in [0, 0.05) is 5.69 Å². The molecule has 0 saturated heterocycles. The van der Waals surface area contributed by atoms with Crippen molar-refractivity contribution in [1.82, 2.24) is 0 Å². The van der Waals surface area contributed by atoms with E-state index in [1.54, 1.807) is 12.1 Å². The number of carbonyl (C=O) groups excluding carboxylic acids is 1. The maximum absolute atomic E-state index is 11.6. The fourth-order valence-electron chi connectivity index (χ4n) is 1.28. The smallest absolute Gasteiger partial charge is 0.340 e. The van der Waals surface area contributed by atoms with Crippen molar-refractivity contribution in [2.75, 3.05) is 32.2 Å². The molecule has 0 atom stereocenters. The number of rotatable bonds is 6. The number of aryl methyl sites for hydroxylation is 1. The first kappa shape index (κ1) is 13.5. The molecule has 5 heteroatoms. The van der Waals surface area contributed by atoms with E-state index in [4.69, 9.17) is 20.3 Å². The Morgan fingerprint density at radius 1 is 1.35 bits per heavy atom. The summed E-state index contributed by atoms with van der Waals surface area (Å²) < 4.78 is 9.95. The van der Waals surface area contributed by atoms with Crippen LogP contribution >= 0.6 is 0 Å². The summed E-state index contributed by atoms with van der Waals surface area (Å²) in [6.07, 6.45) is 0. The number of esters is 1. The highest BCUT2D eigenvalue weighted by Gasteiger charge is 2.10. The predicted octanol–water partition coefficient (Wildman–Crippen LogP) is 0.743. The van der Waals surface area contributed by atoms with E-state index in [-0.39, 0.29) is 26.4 Å². The minimum atomic E-state index is -0.459. The van der Waals surface area contributed by atoms with Gasteiger partial charge in [-0.2, -0.15) is 0 Å². The molecule has 1 aromatic rings. The molecule has 0 fully saturated rings. The molecule has 0 radical (unpaired) electrons. The van der Waals surface area contributed by atoms with Crippen molar-refractivity contribution in [3.8, 4) is 0 Å². The van der Waals surface area contributed by atoms with E-state index in [1.165, 1.54) is 0 Å². The largest absolute Gasteiger partial charge is 0.460 e. The Balaban J connectivity index is 2.44. The first-order valence-electron chi connectivity index (χ1n) is 5.37. The summed E-state index contributed by atoms with van der Waals surface area (Å²) in [6.45, 7) is 2.48.